The molecule has 2 rings (SSSR count). The topological polar surface area (TPSA) is 35.5 Å². The Morgan fingerprint density at radius 1 is 1.18 bits per heavy atom. The third kappa shape index (κ3) is 3.80. The summed E-state index contributed by atoms with van der Waals surface area (Å²) in [5.74, 6) is 0. The summed E-state index contributed by atoms with van der Waals surface area (Å²) in [5, 5.41) is 12.6. The van der Waals surface area contributed by atoms with E-state index in [2.05, 4.69) is 29.4 Å². The highest BCUT2D eigenvalue weighted by Gasteiger charge is 2.15. The Labute approximate surface area is 103 Å². The van der Waals surface area contributed by atoms with Crippen LogP contribution >= 0.6 is 0 Å². The van der Waals surface area contributed by atoms with Gasteiger partial charge < -0.3 is 15.3 Å². The lowest BCUT2D eigenvalue weighted by Crippen LogP contribution is -2.40. The second kappa shape index (κ2) is 6.15. The number of rotatable bonds is 4. The van der Waals surface area contributed by atoms with E-state index >= 15 is 0 Å². The fourth-order valence-electron chi connectivity index (χ4n) is 2.24. The molecule has 1 aliphatic heterocycles. The van der Waals surface area contributed by atoms with E-state index in [0.29, 0.717) is 6.04 Å². The predicted octanol–water partition coefficient (Wildman–Crippen LogP) is 1.36. The van der Waals surface area contributed by atoms with Crippen LogP contribution in [-0.2, 0) is 13.2 Å². The predicted molar refractivity (Wildman–Crippen MR) is 69.7 cm³/mol. The molecule has 17 heavy (non-hydrogen) atoms. The number of piperidine rings is 1. The van der Waals surface area contributed by atoms with Crippen LogP contribution in [0.25, 0.3) is 0 Å². The molecule has 1 fully saturated rings. The zero-order valence-corrected chi connectivity index (χ0v) is 10.5. The van der Waals surface area contributed by atoms with Gasteiger partial charge in [0.05, 0.1) is 6.61 Å². The van der Waals surface area contributed by atoms with Gasteiger partial charge in [0, 0.05) is 12.6 Å². The normalized spacial score (nSPS) is 18.5. The molecule has 0 saturated carbocycles. The van der Waals surface area contributed by atoms with E-state index in [-0.39, 0.29) is 6.61 Å². The molecule has 0 amide bonds. The monoisotopic (exact) mass is 234 g/mol. The van der Waals surface area contributed by atoms with Gasteiger partial charge in [-0.1, -0.05) is 24.3 Å². The largest absolute Gasteiger partial charge is 0.392 e. The number of likely N-dealkylation sites (tertiary alicyclic amines) is 1. The average molecular weight is 234 g/mol. The van der Waals surface area contributed by atoms with Gasteiger partial charge in [-0.25, -0.2) is 0 Å². The van der Waals surface area contributed by atoms with Gasteiger partial charge in [0.15, 0.2) is 0 Å². The molecule has 2 N–H and O–H groups in total. The quantitative estimate of drug-likeness (QED) is 0.826. The Hall–Kier alpha value is -0.900. The van der Waals surface area contributed by atoms with Crippen molar-refractivity contribution in [3.63, 3.8) is 0 Å². The van der Waals surface area contributed by atoms with Crippen LogP contribution in [0, 0.1) is 0 Å². The first-order chi connectivity index (χ1) is 8.28. The van der Waals surface area contributed by atoms with E-state index in [1.54, 1.807) is 0 Å². The highest BCUT2D eigenvalue weighted by atomic mass is 16.3. The molecule has 0 unspecified atom stereocenters. The van der Waals surface area contributed by atoms with Crippen LogP contribution in [0.15, 0.2) is 24.3 Å². The summed E-state index contributed by atoms with van der Waals surface area (Å²) in [7, 11) is 2.18. The second-order valence-electron chi connectivity index (χ2n) is 4.93. The highest BCUT2D eigenvalue weighted by molar-refractivity contribution is 5.21. The molecule has 1 aromatic rings. The van der Waals surface area contributed by atoms with E-state index in [1.165, 1.54) is 31.5 Å². The van der Waals surface area contributed by atoms with Crippen LogP contribution in [0.2, 0.25) is 0 Å². The zero-order valence-electron chi connectivity index (χ0n) is 10.5. The van der Waals surface area contributed by atoms with Gasteiger partial charge in [0.25, 0.3) is 0 Å². The van der Waals surface area contributed by atoms with Crippen molar-refractivity contribution in [1.29, 1.82) is 0 Å². The summed E-state index contributed by atoms with van der Waals surface area (Å²) in [5.41, 5.74) is 2.27. The summed E-state index contributed by atoms with van der Waals surface area (Å²) in [6.45, 7) is 3.45. The second-order valence-corrected chi connectivity index (χ2v) is 4.93. The number of nitrogens with zero attached hydrogens (tertiary/aromatic N) is 1. The molecule has 1 heterocycles. The molecular weight excluding hydrogens is 212 g/mol. The third-order valence-electron chi connectivity index (χ3n) is 3.52. The molecular formula is C14H22N2O. The van der Waals surface area contributed by atoms with E-state index in [4.69, 9.17) is 5.11 Å². The first-order valence-electron chi connectivity index (χ1n) is 6.38. The van der Waals surface area contributed by atoms with Crippen molar-refractivity contribution < 1.29 is 5.11 Å². The molecule has 0 bridgehead atoms. The number of hydrogen-bond donors (Lipinski definition) is 2. The fourth-order valence-corrected chi connectivity index (χ4v) is 2.24. The minimum absolute atomic E-state index is 0.128. The maximum absolute atomic E-state index is 8.97. The van der Waals surface area contributed by atoms with Crippen molar-refractivity contribution in [3.8, 4) is 0 Å². The summed E-state index contributed by atoms with van der Waals surface area (Å²) in [4.78, 5) is 2.38. The van der Waals surface area contributed by atoms with Crippen LogP contribution in [0.1, 0.15) is 24.0 Å². The molecule has 1 aromatic carbocycles. The molecule has 3 heteroatoms. The van der Waals surface area contributed by atoms with Crippen molar-refractivity contribution in [3.05, 3.63) is 35.4 Å². The first kappa shape index (κ1) is 12.6. The summed E-state index contributed by atoms with van der Waals surface area (Å²) in [6, 6.07) is 8.82. The molecule has 0 atom stereocenters. The van der Waals surface area contributed by atoms with Crippen molar-refractivity contribution in [2.24, 2.45) is 0 Å². The van der Waals surface area contributed by atoms with Crippen molar-refractivity contribution in [2.75, 3.05) is 20.1 Å². The number of benzene rings is 1. The zero-order chi connectivity index (χ0) is 12.1. The van der Waals surface area contributed by atoms with Crippen LogP contribution in [-0.4, -0.2) is 36.2 Å². The summed E-state index contributed by atoms with van der Waals surface area (Å²) < 4.78 is 0. The van der Waals surface area contributed by atoms with Crippen molar-refractivity contribution >= 4 is 0 Å². The van der Waals surface area contributed by atoms with E-state index in [1.807, 2.05) is 12.1 Å². The smallest absolute Gasteiger partial charge is 0.0681 e. The maximum Gasteiger partial charge on any atom is 0.0681 e. The Kier molecular flexibility index (Phi) is 4.54. The highest BCUT2D eigenvalue weighted by Crippen LogP contribution is 2.10. The molecule has 1 saturated heterocycles. The molecule has 94 valence electrons. The van der Waals surface area contributed by atoms with Gasteiger partial charge >= 0.3 is 0 Å². The van der Waals surface area contributed by atoms with Crippen LogP contribution in [0.5, 0.6) is 0 Å². The van der Waals surface area contributed by atoms with Gasteiger partial charge in [-0.15, -0.1) is 0 Å². The lowest BCUT2D eigenvalue weighted by Gasteiger charge is -2.29. The summed E-state index contributed by atoms with van der Waals surface area (Å²) >= 11 is 0. The van der Waals surface area contributed by atoms with Gasteiger partial charge in [-0.2, -0.15) is 0 Å². The van der Waals surface area contributed by atoms with Crippen LogP contribution in [0.3, 0.4) is 0 Å². The Balaban J connectivity index is 1.77. The van der Waals surface area contributed by atoms with Gasteiger partial charge in [0.1, 0.15) is 0 Å². The molecule has 0 spiro atoms. The first-order valence-corrected chi connectivity index (χ1v) is 6.38. The minimum atomic E-state index is 0.128. The number of hydrogen-bond acceptors (Lipinski definition) is 3. The average Bonchev–Trinajstić information content (AvgIpc) is 2.39. The van der Waals surface area contributed by atoms with Gasteiger partial charge in [0.2, 0.25) is 0 Å². The van der Waals surface area contributed by atoms with E-state index < -0.39 is 0 Å². The van der Waals surface area contributed by atoms with Crippen LogP contribution < -0.4 is 5.32 Å². The van der Waals surface area contributed by atoms with E-state index in [9.17, 15) is 0 Å². The molecule has 0 aliphatic carbocycles. The fraction of sp³-hybridized carbons (Fsp3) is 0.571. The molecule has 0 radical (unpaired) electrons. The maximum atomic E-state index is 8.97. The van der Waals surface area contributed by atoms with Crippen molar-refractivity contribution in [2.45, 2.75) is 32.0 Å². The molecule has 0 aromatic heterocycles. The Bertz CT molecular complexity index is 329. The molecule has 3 nitrogen and oxygen atoms in total. The minimum Gasteiger partial charge on any atom is -0.392 e. The number of aliphatic hydroxyl groups excluding tert-OH is 1. The van der Waals surface area contributed by atoms with Crippen molar-refractivity contribution in [1.82, 2.24) is 10.2 Å². The number of nitrogens with one attached hydrogen (secondary N) is 1. The standard InChI is InChI=1S/C14H22N2O/c1-16-8-6-14(7-9-16)15-10-12-2-4-13(11-17)5-3-12/h2-5,14-15,17H,6-11H2,1H3. The Morgan fingerprint density at radius 2 is 1.76 bits per heavy atom. The van der Waals surface area contributed by atoms with Gasteiger partial charge in [-0.3, -0.25) is 0 Å². The third-order valence-corrected chi connectivity index (χ3v) is 3.52. The lowest BCUT2D eigenvalue weighted by molar-refractivity contribution is 0.234. The lowest BCUT2D eigenvalue weighted by atomic mass is 10.0. The van der Waals surface area contributed by atoms with E-state index in [0.717, 1.165) is 12.1 Å². The Morgan fingerprint density at radius 3 is 2.35 bits per heavy atom. The molecule has 1 aliphatic rings. The summed E-state index contributed by atoms with van der Waals surface area (Å²) in [6.07, 6.45) is 2.48. The SMILES string of the molecule is CN1CCC(NCc2ccc(CO)cc2)CC1. The van der Waals surface area contributed by atoms with Gasteiger partial charge in [-0.05, 0) is 44.1 Å². The number of aliphatic hydroxyl groups is 1. The van der Waals surface area contributed by atoms with Crippen LogP contribution in [0.4, 0.5) is 0 Å².